The fourth-order valence-electron chi connectivity index (χ4n) is 2.08. The summed E-state index contributed by atoms with van der Waals surface area (Å²) in [7, 11) is 0. The van der Waals surface area contributed by atoms with Gasteiger partial charge in [0.05, 0.1) is 12.3 Å². The first-order chi connectivity index (χ1) is 11.5. The highest BCUT2D eigenvalue weighted by Gasteiger charge is 2.23. The number of anilines is 1. The Morgan fingerprint density at radius 3 is 2.71 bits per heavy atom. The average molecular weight is 330 g/mol. The van der Waals surface area contributed by atoms with Gasteiger partial charge >= 0.3 is 5.97 Å². The SMILES string of the molecule is O=C(O)c1cccc(C(=O)Nc2cc(F)ccc2OCC2CC2)n1. The molecule has 1 amide bonds. The molecule has 1 aliphatic carbocycles. The molecule has 2 aromatic rings. The van der Waals surface area contributed by atoms with Crippen LogP contribution in [0.3, 0.4) is 0 Å². The molecule has 124 valence electrons. The summed E-state index contributed by atoms with van der Waals surface area (Å²) >= 11 is 0. The van der Waals surface area contributed by atoms with E-state index < -0.39 is 17.7 Å². The van der Waals surface area contributed by atoms with Gasteiger partial charge in [-0.15, -0.1) is 0 Å². The van der Waals surface area contributed by atoms with E-state index in [4.69, 9.17) is 9.84 Å². The zero-order chi connectivity index (χ0) is 17.1. The second kappa shape index (κ2) is 6.66. The molecular formula is C17H15FN2O4. The highest BCUT2D eigenvalue weighted by atomic mass is 19.1. The highest BCUT2D eigenvalue weighted by molar-refractivity contribution is 6.04. The number of amides is 1. The number of hydrogen-bond donors (Lipinski definition) is 2. The molecule has 0 aliphatic heterocycles. The Morgan fingerprint density at radius 2 is 2.00 bits per heavy atom. The van der Waals surface area contributed by atoms with Crippen molar-refractivity contribution in [1.82, 2.24) is 4.98 Å². The largest absolute Gasteiger partial charge is 0.491 e. The van der Waals surface area contributed by atoms with Crippen molar-refractivity contribution >= 4 is 17.6 Å². The predicted molar refractivity (Wildman–Crippen MR) is 83.8 cm³/mol. The number of rotatable bonds is 6. The molecule has 7 heteroatoms. The van der Waals surface area contributed by atoms with Crippen LogP contribution in [0.5, 0.6) is 5.75 Å². The molecule has 24 heavy (non-hydrogen) atoms. The van der Waals surface area contributed by atoms with E-state index in [1.165, 1.54) is 30.3 Å². The first-order valence-electron chi connectivity index (χ1n) is 7.47. The highest BCUT2D eigenvalue weighted by Crippen LogP contribution is 2.32. The van der Waals surface area contributed by atoms with Crippen LogP contribution in [0.1, 0.15) is 33.8 Å². The summed E-state index contributed by atoms with van der Waals surface area (Å²) in [6, 6.07) is 7.94. The van der Waals surface area contributed by atoms with E-state index in [2.05, 4.69) is 10.3 Å². The van der Waals surface area contributed by atoms with Crippen molar-refractivity contribution < 1.29 is 23.8 Å². The topological polar surface area (TPSA) is 88.5 Å². The maximum Gasteiger partial charge on any atom is 0.354 e. The van der Waals surface area contributed by atoms with Crippen LogP contribution in [0.15, 0.2) is 36.4 Å². The van der Waals surface area contributed by atoms with Gasteiger partial charge in [0.15, 0.2) is 0 Å². The van der Waals surface area contributed by atoms with E-state index in [-0.39, 0.29) is 17.1 Å². The molecule has 3 rings (SSSR count). The fourth-order valence-corrected chi connectivity index (χ4v) is 2.08. The van der Waals surface area contributed by atoms with Crippen molar-refractivity contribution in [1.29, 1.82) is 0 Å². The van der Waals surface area contributed by atoms with Crippen LogP contribution in [-0.2, 0) is 0 Å². The summed E-state index contributed by atoms with van der Waals surface area (Å²) in [6.07, 6.45) is 2.21. The van der Waals surface area contributed by atoms with Gasteiger partial charge in [-0.25, -0.2) is 14.2 Å². The maximum absolute atomic E-state index is 13.5. The second-order valence-electron chi connectivity index (χ2n) is 5.56. The third-order valence-electron chi connectivity index (χ3n) is 3.56. The summed E-state index contributed by atoms with van der Waals surface area (Å²) in [5, 5.41) is 11.4. The van der Waals surface area contributed by atoms with E-state index in [0.29, 0.717) is 18.3 Å². The van der Waals surface area contributed by atoms with Crippen molar-refractivity contribution in [3.8, 4) is 5.75 Å². The van der Waals surface area contributed by atoms with E-state index in [0.717, 1.165) is 18.9 Å². The number of hydrogen-bond acceptors (Lipinski definition) is 4. The van der Waals surface area contributed by atoms with Crippen molar-refractivity contribution in [2.24, 2.45) is 5.92 Å². The lowest BCUT2D eigenvalue weighted by Crippen LogP contribution is -2.16. The average Bonchev–Trinajstić information content (AvgIpc) is 3.38. The predicted octanol–water partition coefficient (Wildman–Crippen LogP) is 2.96. The van der Waals surface area contributed by atoms with Crippen molar-refractivity contribution in [2.75, 3.05) is 11.9 Å². The zero-order valence-corrected chi connectivity index (χ0v) is 12.7. The standard InChI is InChI=1S/C17H15FN2O4/c18-11-6-7-15(24-9-10-4-5-10)14(8-11)20-16(21)12-2-1-3-13(19-12)17(22)23/h1-3,6-8,10H,4-5,9H2,(H,20,21)(H,22,23). The number of carbonyl (C=O) groups is 2. The Labute approximate surface area is 137 Å². The Bertz CT molecular complexity index is 790. The first kappa shape index (κ1) is 15.9. The zero-order valence-electron chi connectivity index (χ0n) is 12.7. The molecule has 1 aliphatic rings. The van der Waals surface area contributed by atoms with Crippen molar-refractivity contribution in [3.63, 3.8) is 0 Å². The minimum Gasteiger partial charge on any atom is -0.491 e. The minimum absolute atomic E-state index is 0.0766. The second-order valence-corrected chi connectivity index (χ2v) is 5.56. The number of nitrogens with zero attached hydrogens (tertiary/aromatic N) is 1. The number of carbonyl (C=O) groups excluding carboxylic acids is 1. The van der Waals surface area contributed by atoms with Crippen LogP contribution >= 0.6 is 0 Å². The molecule has 1 aromatic carbocycles. The van der Waals surface area contributed by atoms with E-state index in [1.54, 1.807) is 0 Å². The molecule has 0 bridgehead atoms. The molecule has 0 saturated heterocycles. The van der Waals surface area contributed by atoms with Crippen LogP contribution in [0.4, 0.5) is 10.1 Å². The number of aromatic carboxylic acids is 1. The molecule has 1 heterocycles. The van der Waals surface area contributed by atoms with Crippen LogP contribution in [0.2, 0.25) is 0 Å². The van der Waals surface area contributed by atoms with Crippen LogP contribution in [0.25, 0.3) is 0 Å². The third-order valence-corrected chi connectivity index (χ3v) is 3.56. The van der Waals surface area contributed by atoms with Crippen LogP contribution in [-0.4, -0.2) is 28.6 Å². The number of nitrogens with one attached hydrogen (secondary N) is 1. The van der Waals surface area contributed by atoms with Gasteiger partial charge in [-0.1, -0.05) is 6.07 Å². The molecular weight excluding hydrogens is 315 g/mol. The molecule has 2 N–H and O–H groups in total. The van der Waals surface area contributed by atoms with Crippen LogP contribution < -0.4 is 10.1 Å². The fraction of sp³-hybridized carbons (Fsp3) is 0.235. The van der Waals surface area contributed by atoms with E-state index in [9.17, 15) is 14.0 Å². The normalized spacial score (nSPS) is 13.4. The molecule has 1 aromatic heterocycles. The van der Waals surface area contributed by atoms with Gasteiger partial charge in [0, 0.05) is 6.07 Å². The number of pyridine rings is 1. The summed E-state index contributed by atoms with van der Waals surface area (Å²) in [4.78, 5) is 26.9. The van der Waals surface area contributed by atoms with Gasteiger partial charge in [0.25, 0.3) is 5.91 Å². The summed E-state index contributed by atoms with van der Waals surface area (Å²) < 4.78 is 19.1. The molecule has 0 unspecified atom stereocenters. The molecule has 1 saturated carbocycles. The molecule has 0 atom stereocenters. The Morgan fingerprint density at radius 1 is 1.25 bits per heavy atom. The van der Waals surface area contributed by atoms with E-state index in [1.807, 2.05) is 0 Å². The van der Waals surface area contributed by atoms with Gasteiger partial charge in [0.2, 0.25) is 0 Å². The summed E-state index contributed by atoms with van der Waals surface area (Å²) in [5.41, 5.74) is -0.136. The van der Waals surface area contributed by atoms with Gasteiger partial charge in [-0.05, 0) is 43.0 Å². The Balaban J connectivity index is 1.78. The minimum atomic E-state index is -1.23. The maximum atomic E-state index is 13.5. The van der Waals surface area contributed by atoms with Gasteiger partial charge in [0.1, 0.15) is 23.0 Å². The lowest BCUT2D eigenvalue weighted by molar-refractivity contribution is 0.0690. The van der Waals surface area contributed by atoms with Crippen molar-refractivity contribution in [2.45, 2.75) is 12.8 Å². The Hall–Kier alpha value is -2.96. The smallest absolute Gasteiger partial charge is 0.354 e. The summed E-state index contributed by atoms with van der Waals surface area (Å²) in [6.45, 7) is 0.515. The van der Waals surface area contributed by atoms with Gasteiger partial charge in [-0.2, -0.15) is 0 Å². The van der Waals surface area contributed by atoms with E-state index >= 15 is 0 Å². The monoisotopic (exact) mass is 330 g/mol. The molecule has 1 fully saturated rings. The number of halogens is 1. The quantitative estimate of drug-likeness (QED) is 0.850. The molecule has 0 radical (unpaired) electrons. The first-order valence-corrected chi connectivity index (χ1v) is 7.47. The molecule has 0 spiro atoms. The number of ether oxygens (including phenoxy) is 1. The number of benzene rings is 1. The lowest BCUT2D eigenvalue weighted by atomic mass is 10.2. The molecule has 6 nitrogen and oxygen atoms in total. The Kier molecular flexibility index (Phi) is 4.41. The van der Waals surface area contributed by atoms with Gasteiger partial charge < -0.3 is 15.2 Å². The number of aromatic nitrogens is 1. The number of carboxylic acids is 1. The van der Waals surface area contributed by atoms with Gasteiger partial charge in [-0.3, -0.25) is 4.79 Å². The number of carboxylic acid groups (broad SMARTS) is 1. The summed E-state index contributed by atoms with van der Waals surface area (Å²) in [5.74, 6) is -1.52. The van der Waals surface area contributed by atoms with Crippen LogP contribution in [0, 0.1) is 11.7 Å². The van der Waals surface area contributed by atoms with Crippen molar-refractivity contribution in [3.05, 3.63) is 53.6 Å². The third kappa shape index (κ3) is 3.87. The lowest BCUT2D eigenvalue weighted by Gasteiger charge is -2.12.